The van der Waals surface area contributed by atoms with E-state index in [9.17, 15) is 4.79 Å². The van der Waals surface area contributed by atoms with E-state index in [4.69, 9.17) is 4.74 Å². The molecule has 6 heteroatoms. The number of aromatic nitrogens is 2. The second-order valence-corrected chi connectivity index (χ2v) is 10.5. The van der Waals surface area contributed by atoms with Gasteiger partial charge in [0.15, 0.2) is 11.5 Å². The SMILES string of the molecule is C=CC(C)NC(=O)c1nccnc1N=P(c1ccccc1)(c1ccccc1)c1ccccc1. The first kappa shape index (κ1) is 22.4. The number of nitrogens with zero attached hydrogens (tertiary/aromatic N) is 3. The van der Waals surface area contributed by atoms with Crippen LogP contribution in [0.2, 0.25) is 0 Å². The third-order valence-electron chi connectivity index (χ3n) is 5.24. The molecule has 0 bridgehead atoms. The fraction of sp³-hybridized carbons (Fsp3) is 0.0741. The Morgan fingerprint density at radius 1 is 0.848 bits per heavy atom. The molecule has 0 fully saturated rings. The summed E-state index contributed by atoms with van der Waals surface area (Å²) in [5.74, 6) is -0.0160. The van der Waals surface area contributed by atoms with E-state index in [0.717, 1.165) is 15.9 Å². The van der Waals surface area contributed by atoms with Crippen molar-refractivity contribution in [1.82, 2.24) is 15.3 Å². The summed E-state index contributed by atoms with van der Waals surface area (Å²) in [5, 5.41) is 6.09. The first-order chi connectivity index (χ1) is 16.1. The van der Waals surface area contributed by atoms with Crippen molar-refractivity contribution in [3.8, 4) is 0 Å². The molecule has 1 heterocycles. The predicted octanol–water partition coefficient (Wildman–Crippen LogP) is 4.59. The van der Waals surface area contributed by atoms with E-state index in [2.05, 4.69) is 58.3 Å². The lowest BCUT2D eigenvalue weighted by Crippen LogP contribution is -2.31. The average molecular weight is 452 g/mol. The van der Waals surface area contributed by atoms with Gasteiger partial charge in [-0.05, 0) is 6.92 Å². The summed E-state index contributed by atoms with van der Waals surface area (Å²) in [6.07, 6.45) is 4.75. The first-order valence-corrected chi connectivity index (χ1v) is 12.4. The fourth-order valence-electron chi connectivity index (χ4n) is 3.59. The van der Waals surface area contributed by atoms with Gasteiger partial charge in [-0.15, -0.1) is 6.58 Å². The minimum absolute atomic E-state index is 0.193. The molecular weight excluding hydrogens is 427 g/mol. The van der Waals surface area contributed by atoms with Crippen LogP contribution in [0.4, 0.5) is 5.82 Å². The smallest absolute Gasteiger partial charge is 0.274 e. The summed E-state index contributed by atoms with van der Waals surface area (Å²) in [4.78, 5) is 21.9. The Balaban J connectivity index is 2.06. The number of hydrogen-bond acceptors (Lipinski definition) is 4. The highest BCUT2D eigenvalue weighted by Gasteiger charge is 2.29. The summed E-state index contributed by atoms with van der Waals surface area (Å²) < 4.78 is 5.31. The van der Waals surface area contributed by atoms with Crippen molar-refractivity contribution in [1.29, 1.82) is 0 Å². The minimum atomic E-state index is -2.56. The van der Waals surface area contributed by atoms with Crippen molar-refractivity contribution in [2.45, 2.75) is 13.0 Å². The lowest BCUT2D eigenvalue weighted by Gasteiger charge is -2.26. The molecule has 1 N–H and O–H groups in total. The third kappa shape index (κ3) is 4.69. The molecular formula is C27H25N4OP. The van der Waals surface area contributed by atoms with E-state index in [1.807, 2.05) is 61.5 Å². The zero-order valence-electron chi connectivity index (χ0n) is 18.4. The van der Waals surface area contributed by atoms with Crippen molar-refractivity contribution in [3.05, 3.63) is 122 Å². The van der Waals surface area contributed by atoms with Crippen molar-refractivity contribution in [3.63, 3.8) is 0 Å². The van der Waals surface area contributed by atoms with Crippen LogP contribution >= 0.6 is 7.05 Å². The number of carbonyl (C=O) groups is 1. The van der Waals surface area contributed by atoms with Crippen LogP contribution in [0.25, 0.3) is 0 Å². The predicted molar refractivity (Wildman–Crippen MR) is 136 cm³/mol. The second-order valence-electron chi connectivity index (χ2n) is 7.47. The van der Waals surface area contributed by atoms with Gasteiger partial charge in [0.05, 0.1) is 7.05 Å². The maximum atomic E-state index is 13.0. The van der Waals surface area contributed by atoms with Crippen LogP contribution in [-0.2, 0) is 0 Å². The van der Waals surface area contributed by atoms with Gasteiger partial charge in [0.2, 0.25) is 0 Å². The number of carbonyl (C=O) groups excluding carboxylic acids is 1. The molecule has 0 saturated heterocycles. The van der Waals surface area contributed by atoms with Crippen LogP contribution in [0, 0.1) is 0 Å². The zero-order chi connectivity index (χ0) is 23.1. The van der Waals surface area contributed by atoms with Gasteiger partial charge in [-0.25, -0.2) is 14.7 Å². The van der Waals surface area contributed by atoms with E-state index < -0.39 is 7.05 Å². The molecule has 0 aliphatic heterocycles. The summed E-state index contributed by atoms with van der Waals surface area (Å²) in [7, 11) is -2.56. The lowest BCUT2D eigenvalue weighted by molar-refractivity contribution is 0.0942. The highest BCUT2D eigenvalue weighted by atomic mass is 31.2. The Bertz CT molecular complexity index is 1190. The number of amides is 1. The van der Waals surface area contributed by atoms with Crippen LogP contribution < -0.4 is 21.2 Å². The third-order valence-corrected chi connectivity index (χ3v) is 8.87. The molecule has 5 nitrogen and oxygen atoms in total. The van der Waals surface area contributed by atoms with Gasteiger partial charge in [0, 0.05) is 34.3 Å². The molecule has 1 aromatic heterocycles. The molecule has 4 aromatic rings. The van der Waals surface area contributed by atoms with Gasteiger partial charge in [-0.1, -0.05) is 97.1 Å². The maximum Gasteiger partial charge on any atom is 0.274 e. The Labute approximate surface area is 194 Å². The largest absolute Gasteiger partial charge is 0.345 e. The van der Waals surface area contributed by atoms with Crippen LogP contribution in [0.15, 0.2) is 121 Å². The zero-order valence-corrected chi connectivity index (χ0v) is 19.3. The molecule has 33 heavy (non-hydrogen) atoms. The number of nitrogens with one attached hydrogen (secondary N) is 1. The lowest BCUT2D eigenvalue weighted by atomic mass is 10.3. The monoisotopic (exact) mass is 452 g/mol. The van der Waals surface area contributed by atoms with Crippen molar-refractivity contribution < 1.29 is 4.79 Å². The summed E-state index contributed by atoms with van der Waals surface area (Å²) >= 11 is 0. The van der Waals surface area contributed by atoms with Crippen molar-refractivity contribution in [2.75, 3.05) is 0 Å². The van der Waals surface area contributed by atoms with E-state index in [1.54, 1.807) is 12.3 Å². The van der Waals surface area contributed by atoms with Crippen molar-refractivity contribution in [2.24, 2.45) is 4.74 Å². The van der Waals surface area contributed by atoms with E-state index >= 15 is 0 Å². The van der Waals surface area contributed by atoms with E-state index in [1.165, 1.54) is 6.20 Å². The van der Waals surface area contributed by atoms with Gasteiger partial charge in [0.1, 0.15) is 0 Å². The molecule has 164 valence electrons. The molecule has 0 aliphatic carbocycles. The highest BCUT2D eigenvalue weighted by Crippen LogP contribution is 2.49. The summed E-state index contributed by atoms with van der Waals surface area (Å²) in [6.45, 7) is 5.59. The van der Waals surface area contributed by atoms with Gasteiger partial charge >= 0.3 is 0 Å². The molecule has 4 rings (SSSR count). The molecule has 1 atom stereocenters. The molecule has 3 aromatic carbocycles. The van der Waals surface area contributed by atoms with Gasteiger partial charge < -0.3 is 5.32 Å². The Morgan fingerprint density at radius 2 is 1.30 bits per heavy atom. The standard InChI is InChI=1S/C27H25N4OP/c1-3-21(2)30-27(32)25-26(29-20-19-28-25)31-33(22-13-7-4-8-14-22,23-15-9-5-10-16-23)24-17-11-6-12-18-24/h3-21H,1H2,2H3,(H,30,32). The average Bonchev–Trinajstić information content (AvgIpc) is 2.89. The van der Waals surface area contributed by atoms with Crippen LogP contribution in [-0.4, -0.2) is 21.9 Å². The fourth-order valence-corrected chi connectivity index (χ4v) is 7.07. The summed E-state index contributed by atoms with van der Waals surface area (Å²) in [5.41, 5.74) is 0.193. The van der Waals surface area contributed by atoms with Gasteiger partial charge in [0.25, 0.3) is 5.91 Å². The van der Waals surface area contributed by atoms with Crippen LogP contribution in [0.1, 0.15) is 17.4 Å². The molecule has 0 spiro atoms. The topological polar surface area (TPSA) is 67.2 Å². The highest BCUT2D eigenvalue weighted by molar-refractivity contribution is 7.87. The van der Waals surface area contributed by atoms with Gasteiger partial charge in [-0.2, -0.15) is 0 Å². The second kappa shape index (κ2) is 10.2. The van der Waals surface area contributed by atoms with Gasteiger partial charge in [-0.3, -0.25) is 4.79 Å². The summed E-state index contributed by atoms with van der Waals surface area (Å²) in [6, 6.07) is 30.4. The number of benzene rings is 3. The Hall–Kier alpha value is -3.82. The van der Waals surface area contributed by atoms with E-state index in [-0.39, 0.29) is 17.6 Å². The Morgan fingerprint density at radius 3 is 1.76 bits per heavy atom. The van der Waals surface area contributed by atoms with Crippen LogP contribution in [0.5, 0.6) is 0 Å². The van der Waals surface area contributed by atoms with Crippen molar-refractivity contribution >= 4 is 34.7 Å². The number of rotatable bonds is 7. The molecule has 1 unspecified atom stereocenters. The normalized spacial score (nSPS) is 11.9. The Kier molecular flexibility index (Phi) is 6.92. The number of hydrogen-bond donors (Lipinski definition) is 1. The minimum Gasteiger partial charge on any atom is -0.345 e. The van der Waals surface area contributed by atoms with E-state index in [0.29, 0.717) is 5.82 Å². The first-order valence-electron chi connectivity index (χ1n) is 10.7. The molecule has 1 amide bonds. The van der Waals surface area contributed by atoms with Crippen LogP contribution in [0.3, 0.4) is 0 Å². The maximum absolute atomic E-state index is 13.0. The molecule has 0 saturated carbocycles. The quantitative estimate of drug-likeness (QED) is 0.329. The molecule has 0 aliphatic rings. The molecule has 0 radical (unpaired) electrons.